The van der Waals surface area contributed by atoms with Crippen molar-refractivity contribution >= 4 is 17.2 Å². The van der Waals surface area contributed by atoms with E-state index in [1.807, 2.05) is 39.1 Å². The summed E-state index contributed by atoms with van der Waals surface area (Å²) in [6, 6.07) is 16.6. The minimum absolute atomic E-state index is 0.172. The average Bonchev–Trinajstić information content (AvgIpc) is 2.77. The highest BCUT2D eigenvalue weighted by molar-refractivity contribution is 6.13. The average molecular weight is 308 g/mol. The molecule has 120 valence electrons. The molecule has 0 bridgehead atoms. The molecule has 0 aromatic heterocycles. The highest BCUT2D eigenvalue weighted by Crippen LogP contribution is 2.45. The highest BCUT2D eigenvalue weighted by atomic mass is 16.1. The summed E-state index contributed by atoms with van der Waals surface area (Å²) in [5.41, 5.74) is 3.68. The Bertz CT molecular complexity index is 736. The van der Waals surface area contributed by atoms with Crippen LogP contribution < -0.4 is 10.2 Å². The van der Waals surface area contributed by atoms with Gasteiger partial charge in [-0.05, 0) is 50.1 Å². The first-order valence-corrected chi connectivity index (χ1v) is 8.21. The lowest BCUT2D eigenvalue weighted by molar-refractivity contribution is 0.0918. The van der Waals surface area contributed by atoms with Gasteiger partial charge in [0.25, 0.3) is 0 Å². The topological polar surface area (TPSA) is 32.3 Å². The molecule has 2 aromatic rings. The maximum absolute atomic E-state index is 12.8. The van der Waals surface area contributed by atoms with E-state index < -0.39 is 5.54 Å². The lowest BCUT2D eigenvalue weighted by Gasteiger charge is -2.39. The van der Waals surface area contributed by atoms with Crippen LogP contribution in [0.25, 0.3) is 0 Å². The number of anilines is 2. The van der Waals surface area contributed by atoms with E-state index in [0.29, 0.717) is 0 Å². The summed E-state index contributed by atoms with van der Waals surface area (Å²) in [6.07, 6.45) is 0.943. The van der Waals surface area contributed by atoms with E-state index in [1.165, 1.54) is 5.56 Å². The third-order valence-electron chi connectivity index (χ3n) is 4.82. The van der Waals surface area contributed by atoms with Gasteiger partial charge in [0.1, 0.15) is 0 Å². The maximum atomic E-state index is 12.8. The Morgan fingerprint density at radius 2 is 1.87 bits per heavy atom. The van der Waals surface area contributed by atoms with Crippen molar-refractivity contribution in [2.75, 3.05) is 17.3 Å². The second-order valence-electron chi connectivity index (χ2n) is 6.57. The van der Waals surface area contributed by atoms with Crippen LogP contribution in [-0.4, -0.2) is 18.4 Å². The van der Waals surface area contributed by atoms with Crippen LogP contribution in [0.4, 0.5) is 11.4 Å². The van der Waals surface area contributed by atoms with Gasteiger partial charge in [0.15, 0.2) is 5.78 Å². The molecule has 23 heavy (non-hydrogen) atoms. The predicted octanol–water partition coefficient (Wildman–Crippen LogP) is 4.66. The zero-order chi connectivity index (χ0) is 16.6. The molecule has 1 heterocycles. The number of rotatable bonds is 4. The number of carbonyl (C=O) groups is 1. The van der Waals surface area contributed by atoms with Crippen LogP contribution in [-0.2, 0) is 0 Å². The summed E-state index contributed by atoms with van der Waals surface area (Å²) in [7, 11) is 1.93. The van der Waals surface area contributed by atoms with Crippen molar-refractivity contribution in [2.45, 2.75) is 38.8 Å². The molecule has 1 N–H and O–H groups in total. The molecule has 0 spiro atoms. The summed E-state index contributed by atoms with van der Waals surface area (Å²) in [6.45, 7) is 6.23. The van der Waals surface area contributed by atoms with E-state index in [9.17, 15) is 4.79 Å². The van der Waals surface area contributed by atoms with E-state index in [4.69, 9.17) is 0 Å². The number of ketones is 1. The molecule has 1 aliphatic heterocycles. The van der Waals surface area contributed by atoms with Gasteiger partial charge in [-0.1, -0.05) is 31.2 Å². The first kappa shape index (κ1) is 15.6. The van der Waals surface area contributed by atoms with E-state index in [0.717, 1.165) is 23.4 Å². The molecule has 2 aromatic carbocycles. The zero-order valence-electron chi connectivity index (χ0n) is 14.3. The molecule has 0 unspecified atom stereocenters. The van der Waals surface area contributed by atoms with Gasteiger partial charge in [0.2, 0.25) is 0 Å². The Balaban J connectivity index is 2.12. The smallest absolute Gasteiger partial charge is 0.189 e. The predicted molar refractivity (Wildman–Crippen MR) is 96.4 cm³/mol. The number of para-hydroxylation sites is 1. The molecule has 0 saturated carbocycles. The Hall–Kier alpha value is -2.29. The van der Waals surface area contributed by atoms with Gasteiger partial charge in [0, 0.05) is 24.0 Å². The second-order valence-corrected chi connectivity index (χ2v) is 6.57. The van der Waals surface area contributed by atoms with Gasteiger partial charge < -0.3 is 10.2 Å². The van der Waals surface area contributed by atoms with Crippen molar-refractivity contribution in [1.29, 1.82) is 0 Å². The lowest BCUT2D eigenvalue weighted by Crippen LogP contribution is -2.47. The molecule has 0 aliphatic carbocycles. The molecular formula is C20H24N2O. The Morgan fingerprint density at radius 3 is 2.57 bits per heavy atom. The summed E-state index contributed by atoms with van der Waals surface area (Å²) in [4.78, 5) is 15.1. The van der Waals surface area contributed by atoms with Crippen LogP contribution in [0.5, 0.6) is 0 Å². The number of hydrogen-bond donors (Lipinski definition) is 1. The van der Waals surface area contributed by atoms with Crippen LogP contribution in [0.3, 0.4) is 0 Å². The quantitative estimate of drug-likeness (QED) is 0.891. The number of fused-ring (bicyclic) bond motifs is 1. The molecule has 1 atom stereocenters. The molecule has 0 amide bonds. The second kappa shape index (κ2) is 5.73. The maximum Gasteiger partial charge on any atom is 0.189 e. The van der Waals surface area contributed by atoms with Gasteiger partial charge in [-0.3, -0.25) is 4.79 Å². The Morgan fingerprint density at radius 1 is 1.13 bits per heavy atom. The summed E-state index contributed by atoms with van der Waals surface area (Å²) in [5, 5.41) is 3.20. The molecule has 3 rings (SSSR count). The Labute approximate surface area is 138 Å². The first-order chi connectivity index (χ1) is 11.0. The normalized spacial score (nSPS) is 17.0. The molecule has 3 heteroatoms. The van der Waals surface area contributed by atoms with E-state index in [1.54, 1.807) is 0 Å². The number of nitrogens with zero attached hydrogens (tertiary/aromatic N) is 1. The van der Waals surface area contributed by atoms with Gasteiger partial charge in [-0.2, -0.15) is 0 Å². The van der Waals surface area contributed by atoms with Crippen molar-refractivity contribution in [2.24, 2.45) is 0 Å². The summed E-state index contributed by atoms with van der Waals surface area (Å²) in [5.74, 6) is 0.205. The molecule has 0 saturated heterocycles. The van der Waals surface area contributed by atoms with Crippen molar-refractivity contribution in [3.63, 3.8) is 0 Å². The molecule has 0 radical (unpaired) electrons. The van der Waals surface area contributed by atoms with E-state index in [-0.39, 0.29) is 11.8 Å². The van der Waals surface area contributed by atoms with Crippen molar-refractivity contribution in [3.8, 4) is 0 Å². The number of Topliss-reactive ketones (excluding diaryl/α,β-unsaturated/α-hetero) is 1. The van der Waals surface area contributed by atoms with Gasteiger partial charge in [-0.25, -0.2) is 0 Å². The third-order valence-corrected chi connectivity index (χ3v) is 4.82. The fraction of sp³-hybridized carbons (Fsp3) is 0.350. The van der Waals surface area contributed by atoms with E-state index in [2.05, 4.69) is 47.5 Å². The standard InChI is InChI=1S/C20H24N2O/c1-5-17(14-9-8-10-15(13-14)21-4)22-18-12-7-6-11-16(18)19(23)20(22,2)3/h6-13,17,21H,5H2,1-4H3/t17-/m1/s1. The molecular weight excluding hydrogens is 284 g/mol. The van der Waals surface area contributed by atoms with Crippen molar-refractivity contribution < 1.29 is 4.79 Å². The summed E-state index contributed by atoms with van der Waals surface area (Å²) < 4.78 is 0. The van der Waals surface area contributed by atoms with Crippen LogP contribution in [0.2, 0.25) is 0 Å². The van der Waals surface area contributed by atoms with Crippen molar-refractivity contribution in [3.05, 3.63) is 59.7 Å². The fourth-order valence-electron chi connectivity index (χ4n) is 3.64. The lowest BCUT2D eigenvalue weighted by atomic mass is 9.93. The number of hydrogen-bond acceptors (Lipinski definition) is 3. The monoisotopic (exact) mass is 308 g/mol. The molecule has 3 nitrogen and oxygen atoms in total. The SMILES string of the molecule is CC[C@H](c1cccc(NC)c1)N1c2ccccc2C(=O)C1(C)C. The van der Waals surface area contributed by atoms with Crippen LogP contribution in [0.15, 0.2) is 48.5 Å². The largest absolute Gasteiger partial charge is 0.388 e. The summed E-state index contributed by atoms with van der Waals surface area (Å²) >= 11 is 0. The first-order valence-electron chi connectivity index (χ1n) is 8.21. The zero-order valence-corrected chi connectivity index (χ0v) is 14.3. The third kappa shape index (κ3) is 2.40. The number of nitrogens with one attached hydrogen (secondary N) is 1. The highest BCUT2D eigenvalue weighted by Gasteiger charge is 2.46. The molecule has 0 fully saturated rings. The van der Waals surface area contributed by atoms with Crippen LogP contribution in [0.1, 0.15) is 49.2 Å². The minimum Gasteiger partial charge on any atom is -0.388 e. The van der Waals surface area contributed by atoms with Crippen molar-refractivity contribution in [1.82, 2.24) is 0 Å². The van der Waals surface area contributed by atoms with Gasteiger partial charge in [0.05, 0.1) is 11.6 Å². The van der Waals surface area contributed by atoms with Crippen LogP contribution >= 0.6 is 0 Å². The molecule has 1 aliphatic rings. The number of carbonyl (C=O) groups excluding carboxylic acids is 1. The van der Waals surface area contributed by atoms with Gasteiger partial charge >= 0.3 is 0 Å². The number of benzene rings is 2. The van der Waals surface area contributed by atoms with E-state index >= 15 is 0 Å². The fourth-order valence-corrected chi connectivity index (χ4v) is 3.64. The van der Waals surface area contributed by atoms with Crippen LogP contribution in [0, 0.1) is 0 Å². The Kier molecular flexibility index (Phi) is 3.88. The minimum atomic E-state index is -0.528. The van der Waals surface area contributed by atoms with Gasteiger partial charge in [-0.15, -0.1) is 0 Å².